The van der Waals surface area contributed by atoms with Crippen molar-refractivity contribution in [3.63, 3.8) is 0 Å². The molecule has 7 nitrogen and oxygen atoms in total. The smallest absolute Gasteiger partial charge is 0.152 e. The van der Waals surface area contributed by atoms with Crippen molar-refractivity contribution < 1.29 is 18.3 Å². The molecule has 0 radical (unpaired) electrons. The molecule has 0 saturated carbocycles. The first-order chi connectivity index (χ1) is 14.0. The summed E-state index contributed by atoms with van der Waals surface area (Å²) in [6.45, 7) is 1.40. The number of aromatic nitrogens is 2. The number of benzene rings is 2. The van der Waals surface area contributed by atoms with Gasteiger partial charge in [0.2, 0.25) is 0 Å². The van der Waals surface area contributed by atoms with Crippen LogP contribution in [0.5, 0.6) is 5.75 Å². The fourth-order valence-corrected chi connectivity index (χ4v) is 4.85. The lowest BCUT2D eigenvalue weighted by atomic mass is 9.98. The highest BCUT2D eigenvalue weighted by molar-refractivity contribution is 7.91. The number of aliphatic hydroxyl groups excluding tert-OH is 1. The molecular formula is C21H23N3O4S. The van der Waals surface area contributed by atoms with E-state index in [1.165, 1.54) is 0 Å². The predicted molar refractivity (Wildman–Crippen MR) is 112 cm³/mol. The Balaban J connectivity index is 1.51. The minimum atomic E-state index is -2.93. The van der Waals surface area contributed by atoms with E-state index in [1.807, 2.05) is 47.4 Å². The first-order valence-electron chi connectivity index (χ1n) is 9.54. The summed E-state index contributed by atoms with van der Waals surface area (Å²) in [6, 6.07) is 13.8. The molecule has 1 fully saturated rings. The number of β-amino-alcohol motifs (C(OH)–C–C–N with tert-alkyl or cyclic N) is 1. The summed E-state index contributed by atoms with van der Waals surface area (Å²) in [6.07, 6.45) is 2.62. The van der Waals surface area contributed by atoms with Gasteiger partial charge in [0.15, 0.2) is 9.84 Å². The molecule has 29 heavy (non-hydrogen) atoms. The maximum Gasteiger partial charge on any atom is 0.152 e. The van der Waals surface area contributed by atoms with Gasteiger partial charge in [-0.3, -0.25) is 4.90 Å². The number of hydrogen-bond acceptors (Lipinski definition) is 7. The Morgan fingerprint density at radius 3 is 2.62 bits per heavy atom. The zero-order valence-corrected chi connectivity index (χ0v) is 16.8. The van der Waals surface area contributed by atoms with E-state index >= 15 is 0 Å². The predicted octanol–water partition coefficient (Wildman–Crippen LogP) is 1.77. The van der Waals surface area contributed by atoms with Crippen LogP contribution < -0.4 is 4.74 Å². The molecule has 0 amide bonds. The highest BCUT2D eigenvalue weighted by Gasteiger charge is 2.23. The summed E-state index contributed by atoms with van der Waals surface area (Å²) in [5.74, 6) is 0.950. The molecule has 1 aliphatic heterocycles. The van der Waals surface area contributed by atoms with Crippen molar-refractivity contribution >= 4 is 20.6 Å². The summed E-state index contributed by atoms with van der Waals surface area (Å²) < 4.78 is 29.1. The number of nitrogens with zero attached hydrogens (tertiary/aromatic N) is 3. The molecule has 1 N–H and O–H groups in total. The van der Waals surface area contributed by atoms with Gasteiger partial charge < -0.3 is 9.84 Å². The van der Waals surface area contributed by atoms with Gasteiger partial charge in [0, 0.05) is 30.8 Å². The molecule has 152 valence electrons. The van der Waals surface area contributed by atoms with Crippen molar-refractivity contribution in [2.45, 2.75) is 6.10 Å². The third-order valence-electron chi connectivity index (χ3n) is 5.10. The van der Waals surface area contributed by atoms with Gasteiger partial charge in [0.1, 0.15) is 18.5 Å². The van der Waals surface area contributed by atoms with Gasteiger partial charge in [-0.1, -0.05) is 30.3 Å². The van der Waals surface area contributed by atoms with E-state index in [0.29, 0.717) is 25.4 Å². The molecule has 1 aromatic heterocycles. The van der Waals surface area contributed by atoms with E-state index < -0.39 is 15.9 Å². The van der Waals surface area contributed by atoms with Crippen molar-refractivity contribution in [2.75, 3.05) is 37.7 Å². The van der Waals surface area contributed by atoms with Crippen molar-refractivity contribution in [3.05, 3.63) is 54.9 Å². The van der Waals surface area contributed by atoms with Crippen LogP contribution in [0.1, 0.15) is 0 Å². The molecular weight excluding hydrogens is 390 g/mol. The average Bonchev–Trinajstić information content (AvgIpc) is 2.74. The lowest BCUT2D eigenvalue weighted by Gasteiger charge is -2.28. The minimum absolute atomic E-state index is 0.118. The fourth-order valence-electron chi connectivity index (χ4n) is 3.58. The van der Waals surface area contributed by atoms with Crippen LogP contribution in [0.4, 0.5) is 0 Å². The van der Waals surface area contributed by atoms with Gasteiger partial charge in [-0.25, -0.2) is 8.42 Å². The summed E-state index contributed by atoms with van der Waals surface area (Å²) in [5, 5.41) is 20.4. The van der Waals surface area contributed by atoms with Crippen LogP contribution in [0.3, 0.4) is 0 Å². The van der Waals surface area contributed by atoms with Gasteiger partial charge in [0.25, 0.3) is 0 Å². The Morgan fingerprint density at radius 2 is 1.86 bits per heavy atom. The average molecular weight is 413 g/mol. The quantitative estimate of drug-likeness (QED) is 0.658. The van der Waals surface area contributed by atoms with E-state index in [2.05, 4.69) is 10.2 Å². The number of rotatable bonds is 6. The molecule has 1 saturated heterocycles. The van der Waals surface area contributed by atoms with Gasteiger partial charge in [-0.15, -0.1) is 0 Å². The lowest BCUT2D eigenvalue weighted by molar-refractivity contribution is 0.0712. The Hall–Kier alpha value is -2.55. The van der Waals surface area contributed by atoms with E-state index in [1.54, 1.807) is 12.4 Å². The van der Waals surface area contributed by atoms with Crippen LogP contribution in [-0.4, -0.2) is 72.5 Å². The van der Waals surface area contributed by atoms with E-state index in [4.69, 9.17) is 4.74 Å². The SMILES string of the molecule is O=S1(=O)CCN(CC(O)COc2ccc3ccccc3c2-c2ccnnc2)CC1. The number of sulfone groups is 1. The van der Waals surface area contributed by atoms with Crippen molar-refractivity contribution in [3.8, 4) is 16.9 Å². The van der Waals surface area contributed by atoms with Gasteiger partial charge in [-0.05, 0) is 22.9 Å². The second kappa shape index (κ2) is 8.44. The van der Waals surface area contributed by atoms with Crippen LogP contribution in [-0.2, 0) is 9.84 Å². The first-order valence-corrected chi connectivity index (χ1v) is 11.4. The van der Waals surface area contributed by atoms with Crippen LogP contribution in [0.15, 0.2) is 54.9 Å². The third-order valence-corrected chi connectivity index (χ3v) is 6.71. The molecule has 0 bridgehead atoms. The summed E-state index contributed by atoms with van der Waals surface area (Å²) >= 11 is 0. The molecule has 1 atom stereocenters. The Labute approximate surface area is 169 Å². The first kappa shape index (κ1) is 19.8. The molecule has 0 aliphatic carbocycles. The lowest BCUT2D eigenvalue weighted by Crippen LogP contribution is -2.44. The maximum atomic E-state index is 11.5. The van der Waals surface area contributed by atoms with Crippen LogP contribution in [0.25, 0.3) is 21.9 Å². The fraction of sp³-hybridized carbons (Fsp3) is 0.333. The van der Waals surface area contributed by atoms with Crippen molar-refractivity contribution in [1.82, 2.24) is 15.1 Å². The molecule has 2 aromatic carbocycles. The van der Waals surface area contributed by atoms with Gasteiger partial charge in [-0.2, -0.15) is 10.2 Å². The zero-order valence-electron chi connectivity index (χ0n) is 15.9. The molecule has 1 unspecified atom stereocenters. The molecule has 3 aromatic rings. The number of hydrogen-bond donors (Lipinski definition) is 1. The Bertz CT molecular complexity index is 1080. The Kier molecular flexibility index (Phi) is 5.75. The van der Waals surface area contributed by atoms with Crippen LogP contribution in [0.2, 0.25) is 0 Å². The molecule has 4 rings (SSSR count). The molecule has 2 heterocycles. The summed E-state index contributed by atoms with van der Waals surface area (Å²) in [7, 11) is -2.93. The molecule has 0 spiro atoms. The zero-order chi connectivity index (χ0) is 20.3. The number of ether oxygens (including phenoxy) is 1. The highest BCUT2D eigenvalue weighted by atomic mass is 32.2. The number of fused-ring (bicyclic) bond motifs is 1. The Morgan fingerprint density at radius 1 is 1.07 bits per heavy atom. The van der Waals surface area contributed by atoms with Crippen molar-refractivity contribution in [2.24, 2.45) is 0 Å². The van der Waals surface area contributed by atoms with Gasteiger partial charge in [0.05, 0.1) is 23.9 Å². The third kappa shape index (κ3) is 4.72. The van der Waals surface area contributed by atoms with E-state index in [9.17, 15) is 13.5 Å². The number of aliphatic hydroxyl groups is 1. The second-order valence-corrected chi connectivity index (χ2v) is 9.51. The standard InChI is InChI=1S/C21H23N3O4S/c25-18(14-24-9-11-29(26,27)12-10-24)15-28-20-6-5-16-3-1-2-4-19(16)21(20)17-7-8-22-23-13-17/h1-8,13,18,25H,9-12,14-15H2. The minimum Gasteiger partial charge on any atom is -0.490 e. The normalized spacial score (nSPS) is 17.8. The topological polar surface area (TPSA) is 92.6 Å². The molecule has 1 aliphatic rings. The summed E-state index contributed by atoms with van der Waals surface area (Å²) in [4.78, 5) is 1.96. The van der Waals surface area contributed by atoms with Gasteiger partial charge >= 0.3 is 0 Å². The van der Waals surface area contributed by atoms with Crippen LogP contribution in [0, 0.1) is 0 Å². The summed E-state index contributed by atoms with van der Waals surface area (Å²) in [5.41, 5.74) is 1.80. The monoisotopic (exact) mass is 413 g/mol. The largest absolute Gasteiger partial charge is 0.490 e. The van der Waals surface area contributed by atoms with Crippen molar-refractivity contribution in [1.29, 1.82) is 0 Å². The maximum absolute atomic E-state index is 11.5. The van der Waals surface area contributed by atoms with Crippen LogP contribution >= 0.6 is 0 Å². The molecule has 8 heteroatoms. The van der Waals surface area contributed by atoms with E-state index in [-0.39, 0.29) is 18.1 Å². The van der Waals surface area contributed by atoms with E-state index in [0.717, 1.165) is 21.9 Å². The second-order valence-electron chi connectivity index (χ2n) is 7.21. The highest BCUT2D eigenvalue weighted by Crippen LogP contribution is 2.36.